The van der Waals surface area contributed by atoms with Crippen molar-refractivity contribution < 1.29 is 13.2 Å². The monoisotopic (exact) mass is 390 g/mol. The van der Waals surface area contributed by atoms with Gasteiger partial charge in [0, 0.05) is 31.2 Å². The predicted octanol–water partition coefficient (Wildman–Crippen LogP) is 3.34. The minimum atomic E-state index is -3.44. The first kappa shape index (κ1) is 17.7. The molecule has 5 nitrogen and oxygen atoms in total. The molecule has 2 fully saturated rings. The average Bonchev–Trinajstić information content (AvgIpc) is 3.13. The minimum Gasteiger partial charge on any atom is -0.331 e. The summed E-state index contributed by atoms with van der Waals surface area (Å²) in [6.07, 6.45) is 3.90. The molecule has 1 aliphatic heterocycles. The highest BCUT2D eigenvalue weighted by atomic mass is 32.2. The van der Waals surface area contributed by atoms with Gasteiger partial charge in [-0.15, -0.1) is 0 Å². The van der Waals surface area contributed by atoms with Gasteiger partial charge in [0.15, 0.2) is 0 Å². The topological polar surface area (TPSA) is 57.7 Å². The zero-order chi connectivity index (χ0) is 18.1. The molecule has 1 saturated carbocycles. The average molecular weight is 391 g/mol. The lowest BCUT2D eigenvalue weighted by molar-refractivity contribution is 0.0730. The lowest BCUT2D eigenvalue weighted by Gasteiger charge is -2.22. The highest BCUT2D eigenvalue weighted by Gasteiger charge is 2.33. The number of sulfonamides is 1. The largest absolute Gasteiger partial charge is 0.331 e. The molecule has 1 aliphatic carbocycles. The number of hydrogen-bond acceptors (Lipinski definition) is 4. The van der Waals surface area contributed by atoms with Crippen molar-refractivity contribution in [2.75, 3.05) is 13.1 Å². The van der Waals surface area contributed by atoms with E-state index in [4.69, 9.17) is 0 Å². The van der Waals surface area contributed by atoms with Crippen LogP contribution in [0.3, 0.4) is 0 Å². The Morgan fingerprint density at radius 1 is 1.12 bits per heavy atom. The molecule has 7 heteroatoms. The van der Waals surface area contributed by atoms with Crippen LogP contribution in [0, 0.1) is 0 Å². The van der Waals surface area contributed by atoms with Gasteiger partial charge in [0.1, 0.15) is 0 Å². The lowest BCUT2D eigenvalue weighted by Crippen LogP contribution is -2.32. The molecule has 1 aromatic carbocycles. The molecule has 1 aromatic heterocycles. The summed E-state index contributed by atoms with van der Waals surface area (Å²) in [6, 6.07) is 8.77. The maximum atomic E-state index is 12.9. The summed E-state index contributed by atoms with van der Waals surface area (Å²) in [6.45, 7) is 1.78. The zero-order valence-corrected chi connectivity index (χ0v) is 16.1. The molecule has 0 radical (unpaired) electrons. The molecule has 0 spiro atoms. The molecule has 0 unspecified atom stereocenters. The fourth-order valence-electron chi connectivity index (χ4n) is 3.35. The van der Waals surface area contributed by atoms with E-state index in [1.807, 2.05) is 16.3 Å². The Hall–Kier alpha value is -1.70. The summed E-state index contributed by atoms with van der Waals surface area (Å²) >= 11 is 1.63. The molecular formula is C19H22N2O3S2. The molecule has 2 aromatic rings. The fraction of sp³-hybridized carbons (Fsp3) is 0.421. The molecule has 2 aliphatic rings. The SMILES string of the molecule is O=C(c1ccc(S(=O)(=O)N2CCCC2)cc1)N(Cc1ccsc1)C1CC1. The zero-order valence-electron chi connectivity index (χ0n) is 14.5. The van der Waals surface area contributed by atoms with Gasteiger partial charge >= 0.3 is 0 Å². The maximum Gasteiger partial charge on any atom is 0.254 e. The van der Waals surface area contributed by atoms with Gasteiger partial charge in [-0.3, -0.25) is 4.79 Å². The molecule has 0 atom stereocenters. The van der Waals surface area contributed by atoms with Crippen LogP contribution in [-0.2, 0) is 16.6 Å². The van der Waals surface area contributed by atoms with E-state index in [-0.39, 0.29) is 10.8 Å². The van der Waals surface area contributed by atoms with E-state index in [0.29, 0.717) is 31.2 Å². The highest BCUT2D eigenvalue weighted by Crippen LogP contribution is 2.30. The normalized spacial score (nSPS) is 18.2. The van der Waals surface area contributed by atoms with Crippen molar-refractivity contribution in [2.24, 2.45) is 0 Å². The van der Waals surface area contributed by atoms with Crippen molar-refractivity contribution in [1.82, 2.24) is 9.21 Å². The van der Waals surface area contributed by atoms with Crippen LogP contribution < -0.4 is 0 Å². The summed E-state index contributed by atoms with van der Waals surface area (Å²) in [5, 5.41) is 4.08. The third-order valence-electron chi connectivity index (χ3n) is 4.99. The number of carbonyl (C=O) groups excluding carboxylic acids is 1. The third-order valence-corrected chi connectivity index (χ3v) is 7.63. The Balaban J connectivity index is 1.52. The van der Waals surface area contributed by atoms with Crippen molar-refractivity contribution in [1.29, 1.82) is 0 Å². The number of thiophene rings is 1. The first-order chi connectivity index (χ1) is 12.6. The van der Waals surface area contributed by atoms with E-state index in [1.165, 1.54) is 4.31 Å². The first-order valence-electron chi connectivity index (χ1n) is 8.98. The predicted molar refractivity (Wildman–Crippen MR) is 102 cm³/mol. The van der Waals surface area contributed by atoms with Gasteiger partial charge in [0.2, 0.25) is 10.0 Å². The Kier molecular flexibility index (Phi) is 4.86. The van der Waals surface area contributed by atoms with E-state index < -0.39 is 10.0 Å². The molecule has 2 heterocycles. The third kappa shape index (κ3) is 3.56. The van der Waals surface area contributed by atoms with Gasteiger partial charge in [-0.1, -0.05) is 0 Å². The number of amides is 1. The van der Waals surface area contributed by atoms with E-state index in [0.717, 1.165) is 31.2 Å². The number of hydrogen-bond donors (Lipinski definition) is 0. The molecular weight excluding hydrogens is 368 g/mol. The Bertz CT molecular complexity index is 866. The van der Waals surface area contributed by atoms with Crippen LogP contribution in [0.1, 0.15) is 41.6 Å². The smallest absolute Gasteiger partial charge is 0.254 e. The van der Waals surface area contributed by atoms with Crippen molar-refractivity contribution in [3.63, 3.8) is 0 Å². The Morgan fingerprint density at radius 3 is 2.38 bits per heavy atom. The van der Waals surface area contributed by atoms with Crippen LogP contribution in [0.4, 0.5) is 0 Å². The fourth-order valence-corrected chi connectivity index (χ4v) is 5.52. The lowest BCUT2D eigenvalue weighted by atomic mass is 10.2. The van der Waals surface area contributed by atoms with E-state index in [2.05, 4.69) is 5.38 Å². The second-order valence-corrected chi connectivity index (χ2v) is 9.65. The van der Waals surface area contributed by atoms with Crippen molar-refractivity contribution in [3.8, 4) is 0 Å². The Labute approximate surface area is 158 Å². The van der Waals surface area contributed by atoms with Crippen molar-refractivity contribution in [3.05, 3.63) is 52.2 Å². The van der Waals surface area contributed by atoms with Gasteiger partial charge in [0.25, 0.3) is 5.91 Å². The second kappa shape index (κ2) is 7.13. The molecule has 1 saturated heterocycles. The van der Waals surface area contributed by atoms with Crippen LogP contribution in [0.15, 0.2) is 46.0 Å². The van der Waals surface area contributed by atoms with Crippen LogP contribution in [0.25, 0.3) is 0 Å². The van der Waals surface area contributed by atoms with Crippen LogP contribution in [-0.4, -0.2) is 42.7 Å². The number of carbonyl (C=O) groups is 1. The molecule has 0 N–H and O–H groups in total. The first-order valence-corrected chi connectivity index (χ1v) is 11.4. The Morgan fingerprint density at radius 2 is 1.81 bits per heavy atom. The quantitative estimate of drug-likeness (QED) is 0.760. The molecule has 26 heavy (non-hydrogen) atoms. The maximum absolute atomic E-state index is 12.9. The molecule has 1 amide bonds. The molecule has 138 valence electrons. The molecule has 0 bridgehead atoms. The van der Waals surface area contributed by atoms with Gasteiger partial charge < -0.3 is 4.90 Å². The van der Waals surface area contributed by atoms with Crippen LogP contribution in [0.5, 0.6) is 0 Å². The van der Waals surface area contributed by atoms with E-state index >= 15 is 0 Å². The van der Waals surface area contributed by atoms with Crippen LogP contribution in [0.2, 0.25) is 0 Å². The summed E-state index contributed by atoms with van der Waals surface area (Å²) in [5.41, 5.74) is 1.69. The van der Waals surface area contributed by atoms with E-state index in [1.54, 1.807) is 35.6 Å². The molecule has 4 rings (SSSR count). The number of rotatable bonds is 6. The summed E-state index contributed by atoms with van der Waals surface area (Å²) in [4.78, 5) is 15.1. The number of benzene rings is 1. The van der Waals surface area contributed by atoms with Gasteiger partial charge in [0.05, 0.1) is 4.90 Å². The minimum absolute atomic E-state index is 0.0242. The van der Waals surface area contributed by atoms with E-state index in [9.17, 15) is 13.2 Å². The summed E-state index contributed by atoms with van der Waals surface area (Å²) in [7, 11) is -3.44. The van der Waals surface area contributed by atoms with Gasteiger partial charge in [-0.05, 0) is 72.3 Å². The summed E-state index contributed by atoms with van der Waals surface area (Å²) in [5.74, 6) is -0.0242. The standard InChI is InChI=1S/C19H22N2O3S2/c22-19(21(17-5-6-17)13-15-9-12-25-14-15)16-3-7-18(8-4-16)26(23,24)20-10-1-2-11-20/h3-4,7-9,12,14,17H,1-2,5-6,10-11,13H2. The van der Waals surface area contributed by atoms with Crippen molar-refractivity contribution >= 4 is 27.3 Å². The van der Waals surface area contributed by atoms with Crippen LogP contribution >= 0.6 is 11.3 Å². The second-order valence-electron chi connectivity index (χ2n) is 6.93. The van der Waals surface area contributed by atoms with Gasteiger partial charge in [-0.2, -0.15) is 15.6 Å². The van der Waals surface area contributed by atoms with Crippen molar-refractivity contribution in [2.45, 2.75) is 43.2 Å². The highest BCUT2D eigenvalue weighted by molar-refractivity contribution is 7.89. The summed E-state index contributed by atoms with van der Waals surface area (Å²) < 4.78 is 26.7. The number of nitrogens with zero attached hydrogens (tertiary/aromatic N) is 2. The van der Waals surface area contributed by atoms with Gasteiger partial charge in [-0.25, -0.2) is 8.42 Å².